The van der Waals surface area contributed by atoms with Gasteiger partial charge >= 0.3 is 5.97 Å². The molecule has 3 N–H and O–H groups in total. The van der Waals surface area contributed by atoms with Gasteiger partial charge in [0.05, 0.1) is 10.0 Å². The molecule has 1 amide bonds. The van der Waals surface area contributed by atoms with Gasteiger partial charge in [-0.3, -0.25) is 10.1 Å². The van der Waals surface area contributed by atoms with Crippen LogP contribution >= 0.6 is 44.1 Å². The highest BCUT2D eigenvalue weighted by molar-refractivity contribution is 9.11. The Bertz CT molecular complexity index is 895. The molecule has 2 aromatic carbocycles. The average molecular weight is 516 g/mol. The zero-order chi connectivity index (χ0) is 20.1. The van der Waals surface area contributed by atoms with Gasteiger partial charge in [-0.05, 0) is 77.4 Å². The minimum atomic E-state index is -1.04. The van der Waals surface area contributed by atoms with E-state index >= 15 is 0 Å². The average Bonchev–Trinajstić information content (AvgIpc) is 2.55. The number of ether oxygens (including phenoxy) is 1. The molecule has 0 atom stereocenters. The molecular formula is C18H16Br2N2O4S. The molecule has 0 spiro atoms. The number of hydrogen-bond donors (Lipinski definition) is 3. The van der Waals surface area contributed by atoms with Gasteiger partial charge in [0.1, 0.15) is 5.75 Å². The number of hydrogen-bond acceptors (Lipinski definition) is 4. The minimum Gasteiger partial charge on any atom is -0.482 e. The monoisotopic (exact) mass is 514 g/mol. The maximum Gasteiger partial charge on any atom is 0.335 e. The van der Waals surface area contributed by atoms with Gasteiger partial charge in [-0.15, -0.1) is 0 Å². The number of halogens is 2. The van der Waals surface area contributed by atoms with Crippen molar-refractivity contribution in [2.45, 2.75) is 13.8 Å². The molecule has 2 aromatic rings. The predicted octanol–water partition coefficient (Wildman–Crippen LogP) is 4.42. The zero-order valence-electron chi connectivity index (χ0n) is 14.4. The van der Waals surface area contributed by atoms with E-state index in [4.69, 9.17) is 22.1 Å². The van der Waals surface area contributed by atoms with E-state index in [-0.39, 0.29) is 17.3 Å². The van der Waals surface area contributed by atoms with Crippen molar-refractivity contribution in [3.05, 3.63) is 56.0 Å². The summed E-state index contributed by atoms with van der Waals surface area (Å²) < 4.78 is 7.19. The molecule has 9 heteroatoms. The van der Waals surface area contributed by atoms with Crippen molar-refractivity contribution in [3.63, 3.8) is 0 Å². The lowest BCUT2D eigenvalue weighted by atomic mass is 10.1. The van der Waals surface area contributed by atoms with Crippen LogP contribution in [0.25, 0.3) is 0 Å². The smallest absolute Gasteiger partial charge is 0.335 e. The molecule has 27 heavy (non-hydrogen) atoms. The fourth-order valence-electron chi connectivity index (χ4n) is 2.22. The number of carboxylic acid groups (broad SMARTS) is 1. The van der Waals surface area contributed by atoms with Crippen LogP contribution in [0.3, 0.4) is 0 Å². The SMILES string of the molecule is Cc1ccc(C(=O)O)cc1NC(=S)NC(=O)COc1c(C)cc(Br)cc1Br. The van der Waals surface area contributed by atoms with Crippen LogP contribution in [-0.2, 0) is 4.79 Å². The number of aromatic carboxylic acids is 1. The van der Waals surface area contributed by atoms with E-state index in [1.807, 2.05) is 19.1 Å². The molecule has 0 aliphatic carbocycles. The Balaban J connectivity index is 1.96. The summed E-state index contributed by atoms with van der Waals surface area (Å²) in [5.41, 5.74) is 2.29. The van der Waals surface area contributed by atoms with Gasteiger partial charge < -0.3 is 15.2 Å². The second-order valence-electron chi connectivity index (χ2n) is 5.66. The fourth-order valence-corrected chi connectivity index (χ4v) is 3.99. The van der Waals surface area contributed by atoms with Gasteiger partial charge in [-0.2, -0.15) is 0 Å². The van der Waals surface area contributed by atoms with E-state index in [9.17, 15) is 9.59 Å². The van der Waals surface area contributed by atoms with Crippen LogP contribution in [0.4, 0.5) is 5.69 Å². The molecule has 0 fully saturated rings. The van der Waals surface area contributed by atoms with E-state index in [0.717, 1.165) is 20.1 Å². The van der Waals surface area contributed by atoms with Crippen molar-refractivity contribution in [1.82, 2.24) is 5.32 Å². The first-order valence-corrected chi connectivity index (χ1v) is 9.70. The molecular weight excluding hydrogens is 500 g/mol. The van der Waals surface area contributed by atoms with Crippen molar-refractivity contribution in [1.29, 1.82) is 0 Å². The third kappa shape index (κ3) is 6.02. The molecule has 0 aliphatic rings. The van der Waals surface area contributed by atoms with E-state index in [1.54, 1.807) is 13.0 Å². The second-order valence-corrected chi connectivity index (χ2v) is 7.84. The fraction of sp³-hybridized carbons (Fsp3) is 0.167. The molecule has 2 rings (SSSR count). The van der Waals surface area contributed by atoms with Crippen LogP contribution in [0.15, 0.2) is 39.3 Å². The van der Waals surface area contributed by atoms with Crippen molar-refractivity contribution < 1.29 is 19.4 Å². The molecule has 142 valence electrons. The first kappa shape index (κ1) is 21.3. The van der Waals surface area contributed by atoms with Crippen LogP contribution < -0.4 is 15.4 Å². The van der Waals surface area contributed by atoms with Crippen LogP contribution in [0.2, 0.25) is 0 Å². The second kappa shape index (κ2) is 9.29. The Morgan fingerprint density at radius 3 is 2.48 bits per heavy atom. The van der Waals surface area contributed by atoms with Gasteiger partial charge in [0, 0.05) is 10.2 Å². The standard InChI is InChI=1S/C18H16Br2N2O4S/c1-9-3-4-11(17(24)25)6-14(9)21-18(27)22-15(23)8-26-16-10(2)5-12(19)7-13(16)20/h3-7H,8H2,1-2H3,(H,24,25)(H2,21,22,23,27). The third-order valence-electron chi connectivity index (χ3n) is 3.53. The Hall–Kier alpha value is -1.97. The lowest BCUT2D eigenvalue weighted by molar-refractivity contribution is -0.121. The van der Waals surface area contributed by atoms with Gasteiger partial charge in [-0.1, -0.05) is 22.0 Å². The molecule has 0 saturated carbocycles. The topological polar surface area (TPSA) is 87.7 Å². The van der Waals surface area contributed by atoms with E-state index in [2.05, 4.69) is 42.5 Å². The summed E-state index contributed by atoms with van der Waals surface area (Å²) in [5.74, 6) is -0.914. The van der Waals surface area contributed by atoms with Crippen molar-refractivity contribution in [3.8, 4) is 5.75 Å². The first-order valence-electron chi connectivity index (χ1n) is 7.70. The highest BCUT2D eigenvalue weighted by atomic mass is 79.9. The van der Waals surface area contributed by atoms with Crippen molar-refractivity contribution in [2.75, 3.05) is 11.9 Å². The zero-order valence-corrected chi connectivity index (χ0v) is 18.4. The summed E-state index contributed by atoms with van der Waals surface area (Å²) in [7, 11) is 0. The molecule has 0 saturated heterocycles. The predicted molar refractivity (Wildman–Crippen MR) is 115 cm³/mol. The summed E-state index contributed by atoms with van der Waals surface area (Å²) in [5, 5.41) is 14.5. The Morgan fingerprint density at radius 2 is 1.85 bits per heavy atom. The van der Waals surface area contributed by atoms with Crippen LogP contribution in [0, 0.1) is 13.8 Å². The van der Waals surface area contributed by atoms with Crippen molar-refractivity contribution >= 4 is 66.8 Å². The first-order chi connectivity index (χ1) is 12.7. The number of rotatable bonds is 5. The van der Waals surface area contributed by atoms with Gasteiger partial charge in [-0.25, -0.2) is 4.79 Å². The molecule has 6 nitrogen and oxygen atoms in total. The normalized spacial score (nSPS) is 10.2. The third-order valence-corrected chi connectivity index (χ3v) is 4.78. The number of carbonyl (C=O) groups excluding carboxylic acids is 1. The maximum absolute atomic E-state index is 12.1. The lowest BCUT2D eigenvalue weighted by Crippen LogP contribution is -2.37. The minimum absolute atomic E-state index is 0.0563. The summed E-state index contributed by atoms with van der Waals surface area (Å²) in [6, 6.07) is 8.31. The van der Waals surface area contributed by atoms with Crippen molar-refractivity contribution in [2.24, 2.45) is 0 Å². The number of nitrogens with one attached hydrogen (secondary N) is 2. The molecule has 0 aromatic heterocycles. The van der Waals surface area contributed by atoms with Crippen LogP contribution in [0.5, 0.6) is 5.75 Å². The van der Waals surface area contributed by atoms with E-state index in [0.29, 0.717) is 11.4 Å². The number of thiocarbonyl (C=S) groups is 1. The summed E-state index contributed by atoms with van der Waals surface area (Å²) in [6.45, 7) is 3.44. The number of amides is 1. The van der Waals surface area contributed by atoms with Gasteiger partial charge in [0.2, 0.25) is 0 Å². The van der Waals surface area contributed by atoms with E-state index in [1.165, 1.54) is 12.1 Å². The lowest BCUT2D eigenvalue weighted by Gasteiger charge is -2.14. The molecule has 0 heterocycles. The van der Waals surface area contributed by atoms with E-state index < -0.39 is 11.9 Å². The van der Waals surface area contributed by atoms with Crippen LogP contribution in [0.1, 0.15) is 21.5 Å². The summed E-state index contributed by atoms with van der Waals surface area (Å²) in [4.78, 5) is 23.2. The molecule has 0 radical (unpaired) electrons. The Morgan fingerprint density at radius 1 is 1.15 bits per heavy atom. The molecule has 0 bridgehead atoms. The van der Waals surface area contributed by atoms with Crippen LogP contribution in [-0.4, -0.2) is 28.7 Å². The number of anilines is 1. The summed E-state index contributed by atoms with van der Waals surface area (Å²) in [6.07, 6.45) is 0. The largest absolute Gasteiger partial charge is 0.482 e. The van der Waals surface area contributed by atoms with Gasteiger partial charge in [0.25, 0.3) is 5.91 Å². The van der Waals surface area contributed by atoms with Gasteiger partial charge in [0.15, 0.2) is 11.7 Å². The molecule has 0 unspecified atom stereocenters. The highest BCUT2D eigenvalue weighted by Crippen LogP contribution is 2.32. The summed E-state index contributed by atoms with van der Waals surface area (Å²) >= 11 is 11.9. The Kier molecular flexibility index (Phi) is 7.34. The quantitative estimate of drug-likeness (QED) is 0.511. The number of carbonyl (C=O) groups is 2. The molecule has 0 aliphatic heterocycles. The number of benzene rings is 2. The maximum atomic E-state index is 12.1. The number of carboxylic acids is 1. The Labute approximate surface area is 178 Å². The highest BCUT2D eigenvalue weighted by Gasteiger charge is 2.12. The number of aryl methyl sites for hydroxylation is 2.